The van der Waals surface area contributed by atoms with Gasteiger partial charge in [-0.15, -0.1) is 0 Å². The van der Waals surface area contributed by atoms with E-state index in [1.165, 1.54) is 0 Å². The lowest BCUT2D eigenvalue weighted by Gasteiger charge is -2.04. The lowest BCUT2D eigenvalue weighted by molar-refractivity contribution is 0.377. The van der Waals surface area contributed by atoms with Crippen molar-refractivity contribution in [1.29, 1.82) is 0 Å². The molecule has 0 atom stereocenters. The second kappa shape index (κ2) is 5.55. The van der Waals surface area contributed by atoms with Crippen molar-refractivity contribution >= 4 is 11.9 Å². The van der Waals surface area contributed by atoms with E-state index in [1.54, 1.807) is 0 Å². The number of hydrogen-bond donors (Lipinski definition) is 0. The van der Waals surface area contributed by atoms with E-state index >= 15 is 0 Å². The van der Waals surface area contributed by atoms with Crippen LogP contribution in [0, 0.1) is 40.7 Å². The predicted molar refractivity (Wildman–Crippen MR) is 59.8 cm³/mol. The maximum absolute atomic E-state index is 13.3. The summed E-state index contributed by atoms with van der Waals surface area (Å²) in [6.07, 6.45) is 0.270. The highest BCUT2D eigenvalue weighted by atomic mass is 19.2. The summed E-state index contributed by atoms with van der Waals surface area (Å²) in [5.74, 6) is -12.9. The van der Waals surface area contributed by atoms with Gasteiger partial charge in [0.2, 0.25) is 5.82 Å². The molecule has 110 valence electrons. The summed E-state index contributed by atoms with van der Waals surface area (Å²) in [6.45, 7) is 0. The fourth-order valence-corrected chi connectivity index (χ4v) is 1.46. The quantitative estimate of drug-likeness (QED) is 0.337. The molecule has 21 heavy (non-hydrogen) atoms. The molecular formula is C13H4F7N. The predicted octanol–water partition coefficient (Wildman–Crippen LogP) is 4.41. The van der Waals surface area contributed by atoms with E-state index < -0.39 is 52.0 Å². The van der Waals surface area contributed by atoms with Crippen LogP contribution in [0.4, 0.5) is 36.4 Å². The molecule has 0 saturated carbocycles. The van der Waals surface area contributed by atoms with Crippen molar-refractivity contribution in [2.75, 3.05) is 0 Å². The topological polar surface area (TPSA) is 12.4 Å². The summed E-state index contributed by atoms with van der Waals surface area (Å²) in [5.41, 5.74) is -1.85. The molecule has 0 spiro atoms. The van der Waals surface area contributed by atoms with E-state index in [9.17, 15) is 30.7 Å². The number of nitrogens with zero attached hydrogens (tertiary/aromatic N) is 1. The average molecular weight is 307 g/mol. The summed E-state index contributed by atoms with van der Waals surface area (Å²) < 4.78 is 91.1. The standard InChI is InChI=1S/C13H4F7N/c14-5-1-2-8(7(15)3-5)21-4-6-9(16)11(18)13(20)12(19)10(6)17/h1-4H. The van der Waals surface area contributed by atoms with Crippen LogP contribution in [0.2, 0.25) is 0 Å². The van der Waals surface area contributed by atoms with Crippen molar-refractivity contribution in [3.8, 4) is 0 Å². The van der Waals surface area contributed by atoms with Crippen LogP contribution < -0.4 is 0 Å². The normalized spacial score (nSPS) is 11.4. The fourth-order valence-electron chi connectivity index (χ4n) is 1.46. The highest BCUT2D eigenvalue weighted by molar-refractivity contribution is 5.82. The molecule has 0 N–H and O–H groups in total. The van der Waals surface area contributed by atoms with Gasteiger partial charge >= 0.3 is 0 Å². The Labute approximate surface area is 113 Å². The molecule has 0 heterocycles. The van der Waals surface area contributed by atoms with Gasteiger partial charge in [0.25, 0.3) is 0 Å². The van der Waals surface area contributed by atoms with Crippen LogP contribution in [0.5, 0.6) is 0 Å². The third-order valence-electron chi connectivity index (χ3n) is 2.49. The van der Waals surface area contributed by atoms with E-state index in [0.717, 1.165) is 12.1 Å². The maximum atomic E-state index is 13.3. The minimum Gasteiger partial charge on any atom is -0.253 e. The van der Waals surface area contributed by atoms with Crippen LogP contribution in [-0.4, -0.2) is 6.21 Å². The zero-order chi connectivity index (χ0) is 15.7. The molecule has 0 fully saturated rings. The van der Waals surface area contributed by atoms with E-state index in [2.05, 4.69) is 4.99 Å². The Morgan fingerprint density at radius 3 is 1.76 bits per heavy atom. The molecule has 8 heteroatoms. The van der Waals surface area contributed by atoms with E-state index in [4.69, 9.17) is 0 Å². The number of benzene rings is 2. The van der Waals surface area contributed by atoms with Crippen molar-refractivity contribution in [2.24, 2.45) is 4.99 Å². The van der Waals surface area contributed by atoms with Gasteiger partial charge in [0.15, 0.2) is 29.1 Å². The molecular weight excluding hydrogens is 303 g/mol. The third kappa shape index (κ3) is 2.74. The molecule has 2 aromatic rings. The summed E-state index contributed by atoms with van der Waals surface area (Å²) >= 11 is 0. The number of halogens is 7. The van der Waals surface area contributed by atoms with Crippen LogP contribution in [-0.2, 0) is 0 Å². The Balaban J connectivity index is 2.51. The van der Waals surface area contributed by atoms with Crippen LogP contribution in [0.25, 0.3) is 0 Å². The largest absolute Gasteiger partial charge is 0.253 e. The summed E-state index contributed by atoms with van der Waals surface area (Å²) in [7, 11) is 0. The first-order valence-corrected chi connectivity index (χ1v) is 5.33. The van der Waals surface area contributed by atoms with E-state index in [0.29, 0.717) is 6.07 Å². The van der Waals surface area contributed by atoms with Crippen LogP contribution >= 0.6 is 0 Å². The van der Waals surface area contributed by atoms with Gasteiger partial charge in [0.05, 0.1) is 11.3 Å². The first-order chi connectivity index (χ1) is 9.82. The van der Waals surface area contributed by atoms with Crippen LogP contribution in [0.3, 0.4) is 0 Å². The second-order valence-electron chi connectivity index (χ2n) is 3.84. The van der Waals surface area contributed by atoms with Crippen LogP contribution in [0.1, 0.15) is 5.56 Å². The minimum absolute atomic E-state index is 0.270. The van der Waals surface area contributed by atoms with E-state index in [-0.39, 0.29) is 6.21 Å². The Kier molecular flexibility index (Phi) is 3.97. The number of rotatable bonds is 2. The average Bonchev–Trinajstić information content (AvgIpc) is 2.45. The molecule has 2 aromatic carbocycles. The Morgan fingerprint density at radius 1 is 0.714 bits per heavy atom. The van der Waals surface area contributed by atoms with Gasteiger partial charge in [-0.3, -0.25) is 4.99 Å². The van der Waals surface area contributed by atoms with Crippen molar-refractivity contribution < 1.29 is 30.7 Å². The van der Waals surface area contributed by atoms with Gasteiger partial charge in [-0.05, 0) is 12.1 Å². The third-order valence-corrected chi connectivity index (χ3v) is 2.49. The van der Waals surface area contributed by atoms with Crippen molar-refractivity contribution in [1.82, 2.24) is 0 Å². The maximum Gasteiger partial charge on any atom is 0.200 e. The highest BCUT2D eigenvalue weighted by Gasteiger charge is 2.24. The molecule has 0 amide bonds. The van der Waals surface area contributed by atoms with Gasteiger partial charge in [0.1, 0.15) is 5.82 Å². The van der Waals surface area contributed by atoms with Gasteiger partial charge in [-0.25, -0.2) is 30.7 Å². The molecule has 0 aliphatic heterocycles. The monoisotopic (exact) mass is 307 g/mol. The SMILES string of the molecule is Fc1ccc(N=Cc2c(F)c(F)c(F)c(F)c2F)c(F)c1. The Bertz CT molecular complexity index is 711. The zero-order valence-electron chi connectivity index (χ0n) is 9.90. The lowest BCUT2D eigenvalue weighted by Crippen LogP contribution is -2.06. The molecule has 1 nitrogen and oxygen atoms in total. The molecule has 0 aromatic heterocycles. The first kappa shape index (κ1) is 15.0. The molecule has 0 bridgehead atoms. The van der Waals surface area contributed by atoms with Crippen molar-refractivity contribution in [3.63, 3.8) is 0 Å². The van der Waals surface area contributed by atoms with Gasteiger partial charge in [-0.2, -0.15) is 0 Å². The molecule has 0 unspecified atom stereocenters. The first-order valence-electron chi connectivity index (χ1n) is 5.33. The van der Waals surface area contributed by atoms with E-state index in [1.807, 2.05) is 0 Å². The van der Waals surface area contributed by atoms with Crippen molar-refractivity contribution in [3.05, 3.63) is 64.5 Å². The smallest absolute Gasteiger partial charge is 0.200 e. The summed E-state index contributed by atoms with van der Waals surface area (Å²) in [6, 6.07) is 2.10. The molecule has 0 aliphatic carbocycles. The minimum atomic E-state index is -2.31. The highest BCUT2D eigenvalue weighted by Crippen LogP contribution is 2.23. The Hall–Kier alpha value is -2.38. The second-order valence-corrected chi connectivity index (χ2v) is 3.84. The number of aliphatic imine (C=N–C) groups is 1. The molecule has 2 rings (SSSR count). The van der Waals surface area contributed by atoms with Crippen LogP contribution in [0.15, 0.2) is 23.2 Å². The zero-order valence-corrected chi connectivity index (χ0v) is 9.90. The van der Waals surface area contributed by atoms with Crippen molar-refractivity contribution in [2.45, 2.75) is 0 Å². The summed E-state index contributed by atoms with van der Waals surface area (Å²) in [4.78, 5) is 3.25. The number of hydrogen-bond acceptors (Lipinski definition) is 1. The summed E-state index contributed by atoms with van der Waals surface area (Å²) in [5, 5.41) is 0. The fraction of sp³-hybridized carbons (Fsp3) is 0. The molecule has 0 radical (unpaired) electrons. The van der Waals surface area contributed by atoms with Gasteiger partial charge in [-0.1, -0.05) is 0 Å². The molecule has 0 aliphatic rings. The van der Waals surface area contributed by atoms with Gasteiger partial charge in [0, 0.05) is 12.3 Å². The van der Waals surface area contributed by atoms with Gasteiger partial charge < -0.3 is 0 Å². The Morgan fingerprint density at radius 2 is 1.24 bits per heavy atom. The molecule has 0 saturated heterocycles. The lowest BCUT2D eigenvalue weighted by atomic mass is 10.2.